The standard InChI is InChI=1S/C24H23Cl2N5O4/c25-14-5-8-17(28-12-14)29-24(34)21-20(19-16(35-21)9-10-27-22(19)26)30-23(33)13-3-6-15(7-4-13)31-11-1-2-18(31)32/h5,8-10,12-13,15H,1-4,6-7,11H2,(H,30,33)(H,28,29,34)/t13-,15-. The molecule has 2 aliphatic rings. The minimum atomic E-state index is -0.598. The zero-order valence-electron chi connectivity index (χ0n) is 18.7. The van der Waals surface area contributed by atoms with E-state index in [9.17, 15) is 14.4 Å². The molecular formula is C24H23Cl2N5O4. The number of carbonyl (C=O) groups is 3. The minimum absolute atomic E-state index is 0.101. The molecule has 5 rings (SSSR count). The third-order valence-electron chi connectivity index (χ3n) is 6.60. The number of anilines is 2. The summed E-state index contributed by atoms with van der Waals surface area (Å²) in [6.45, 7) is 0.799. The lowest BCUT2D eigenvalue weighted by Gasteiger charge is -2.34. The minimum Gasteiger partial charge on any atom is -0.448 e. The Morgan fingerprint density at radius 3 is 2.54 bits per heavy atom. The monoisotopic (exact) mass is 515 g/mol. The summed E-state index contributed by atoms with van der Waals surface area (Å²) >= 11 is 12.2. The molecule has 0 aromatic carbocycles. The van der Waals surface area contributed by atoms with Crippen LogP contribution < -0.4 is 10.6 Å². The molecule has 0 unspecified atom stereocenters. The Morgan fingerprint density at radius 2 is 1.86 bits per heavy atom. The topological polar surface area (TPSA) is 117 Å². The fraction of sp³-hybridized carbons (Fsp3) is 0.375. The van der Waals surface area contributed by atoms with Crippen LogP contribution in [-0.4, -0.2) is 45.2 Å². The summed E-state index contributed by atoms with van der Waals surface area (Å²) < 4.78 is 5.77. The first-order chi connectivity index (χ1) is 16.9. The van der Waals surface area contributed by atoms with Crippen molar-refractivity contribution in [1.29, 1.82) is 0 Å². The van der Waals surface area contributed by atoms with Gasteiger partial charge in [0.05, 0.1) is 10.4 Å². The Morgan fingerprint density at radius 1 is 1.06 bits per heavy atom. The lowest BCUT2D eigenvalue weighted by molar-refractivity contribution is -0.130. The number of nitrogens with one attached hydrogen (secondary N) is 2. The van der Waals surface area contributed by atoms with E-state index in [1.54, 1.807) is 18.2 Å². The zero-order chi connectivity index (χ0) is 24.5. The van der Waals surface area contributed by atoms with Crippen molar-refractivity contribution in [2.24, 2.45) is 5.92 Å². The molecule has 1 aliphatic heterocycles. The number of fused-ring (bicyclic) bond motifs is 1. The number of carbonyl (C=O) groups excluding carboxylic acids is 3. The van der Waals surface area contributed by atoms with E-state index in [0.29, 0.717) is 35.3 Å². The van der Waals surface area contributed by atoms with Gasteiger partial charge in [0.1, 0.15) is 22.2 Å². The van der Waals surface area contributed by atoms with E-state index in [4.69, 9.17) is 27.6 Å². The maximum absolute atomic E-state index is 13.2. The number of rotatable bonds is 5. The third kappa shape index (κ3) is 4.83. The Kier molecular flexibility index (Phi) is 6.62. The van der Waals surface area contributed by atoms with Gasteiger partial charge in [0, 0.05) is 37.3 Å². The molecule has 182 valence electrons. The van der Waals surface area contributed by atoms with Gasteiger partial charge in [-0.1, -0.05) is 23.2 Å². The number of furan rings is 1. The third-order valence-corrected chi connectivity index (χ3v) is 7.11. The van der Waals surface area contributed by atoms with Gasteiger partial charge in [-0.05, 0) is 50.3 Å². The maximum atomic E-state index is 13.2. The predicted octanol–water partition coefficient (Wildman–Crippen LogP) is 4.90. The van der Waals surface area contributed by atoms with Gasteiger partial charge in [-0.15, -0.1) is 0 Å². The molecule has 2 N–H and O–H groups in total. The predicted molar refractivity (Wildman–Crippen MR) is 132 cm³/mol. The molecule has 1 aliphatic carbocycles. The summed E-state index contributed by atoms with van der Waals surface area (Å²) in [5.41, 5.74) is 0.497. The number of halogens is 2. The molecule has 9 nitrogen and oxygen atoms in total. The van der Waals surface area contributed by atoms with Gasteiger partial charge < -0.3 is 20.0 Å². The average Bonchev–Trinajstić information content (AvgIpc) is 3.45. The quantitative estimate of drug-likeness (QED) is 0.466. The van der Waals surface area contributed by atoms with Gasteiger partial charge in [0.15, 0.2) is 0 Å². The Bertz CT molecular complexity index is 1290. The van der Waals surface area contributed by atoms with Gasteiger partial charge >= 0.3 is 0 Å². The number of likely N-dealkylation sites (tertiary alicyclic amines) is 1. The number of nitrogens with zero attached hydrogens (tertiary/aromatic N) is 3. The van der Waals surface area contributed by atoms with Gasteiger partial charge in [0.25, 0.3) is 5.91 Å². The highest BCUT2D eigenvalue weighted by Gasteiger charge is 2.34. The highest BCUT2D eigenvalue weighted by Crippen LogP contribution is 2.37. The summed E-state index contributed by atoms with van der Waals surface area (Å²) in [5, 5.41) is 6.42. The lowest BCUT2D eigenvalue weighted by atomic mass is 9.84. The second-order valence-electron chi connectivity index (χ2n) is 8.78. The van der Waals surface area contributed by atoms with Crippen LogP contribution in [0.25, 0.3) is 11.0 Å². The van der Waals surface area contributed by atoms with Crippen LogP contribution in [0.1, 0.15) is 49.1 Å². The fourth-order valence-corrected chi connectivity index (χ4v) is 5.19. The first-order valence-electron chi connectivity index (χ1n) is 11.5. The van der Waals surface area contributed by atoms with Crippen LogP contribution in [0.3, 0.4) is 0 Å². The molecule has 3 aromatic rings. The van der Waals surface area contributed by atoms with Gasteiger partial charge in [-0.2, -0.15) is 0 Å². The number of amides is 3. The molecule has 11 heteroatoms. The van der Waals surface area contributed by atoms with Crippen molar-refractivity contribution in [3.8, 4) is 0 Å². The van der Waals surface area contributed by atoms with Crippen LogP contribution in [0.4, 0.5) is 11.5 Å². The largest absolute Gasteiger partial charge is 0.448 e. The van der Waals surface area contributed by atoms with Crippen molar-refractivity contribution in [2.45, 2.75) is 44.6 Å². The van der Waals surface area contributed by atoms with E-state index in [1.807, 2.05) is 4.90 Å². The van der Waals surface area contributed by atoms with Crippen LogP contribution in [0, 0.1) is 5.92 Å². The number of aromatic nitrogens is 2. The number of pyridine rings is 2. The molecule has 0 radical (unpaired) electrons. The maximum Gasteiger partial charge on any atom is 0.294 e. The van der Waals surface area contributed by atoms with Crippen LogP contribution in [-0.2, 0) is 9.59 Å². The van der Waals surface area contributed by atoms with E-state index in [2.05, 4.69) is 20.6 Å². The molecule has 2 fully saturated rings. The van der Waals surface area contributed by atoms with Crippen molar-refractivity contribution < 1.29 is 18.8 Å². The highest BCUT2D eigenvalue weighted by atomic mass is 35.5. The van der Waals surface area contributed by atoms with Crippen molar-refractivity contribution in [1.82, 2.24) is 14.9 Å². The lowest BCUT2D eigenvalue weighted by Crippen LogP contribution is -2.40. The second kappa shape index (κ2) is 9.83. The van der Waals surface area contributed by atoms with Gasteiger partial charge in [-0.25, -0.2) is 9.97 Å². The SMILES string of the molecule is O=C(Nc1ccc(Cl)cn1)c1oc2ccnc(Cl)c2c1NC(=O)[C@H]1CC[C@H](N2CCCC2=O)CC1. The van der Waals surface area contributed by atoms with E-state index in [0.717, 1.165) is 25.8 Å². The molecule has 4 heterocycles. The summed E-state index contributed by atoms with van der Waals surface area (Å²) in [5.74, 6) is -0.697. The van der Waals surface area contributed by atoms with Gasteiger partial charge in [0.2, 0.25) is 17.6 Å². The molecule has 0 atom stereocenters. The summed E-state index contributed by atoms with van der Waals surface area (Å²) in [4.78, 5) is 48.4. The average molecular weight is 516 g/mol. The second-order valence-corrected chi connectivity index (χ2v) is 9.58. The molecule has 3 aromatic heterocycles. The summed E-state index contributed by atoms with van der Waals surface area (Å²) in [6, 6.07) is 4.92. The summed E-state index contributed by atoms with van der Waals surface area (Å²) in [7, 11) is 0. The highest BCUT2D eigenvalue weighted by molar-refractivity contribution is 6.36. The van der Waals surface area contributed by atoms with Crippen molar-refractivity contribution in [2.75, 3.05) is 17.2 Å². The van der Waals surface area contributed by atoms with Crippen LogP contribution in [0.2, 0.25) is 10.2 Å². The summed E-state index contributed by atoms with van der Waals surface area (Å²) in [6.07, 6.45) is 7.23. The van der Waals surface area contributed by atoms with Crippen molar-refractivity contribution in [3.63, 3.8) is 0 Å². The fourth-order valence-electron chi connectivity index (χ4n) is 4.84. The number of hydrogen-bond donors (Lipinski definition) is 2. The van der Waals surface area contributed by atoms with E-state index in [1.165, 1.54) is 12.4 Å². The first-order valence-corrected chi connectivity index (χ1v) is 12.3. The van der Waals surface area contributed by atoms with Crippen LogP contribution in [0.15, 0.2) is 35.0 Å². The molecular weight excluding hydrogens is 493 g/mol. The molecule has 35 heavy (non-hydrogen) atoms. The normalized spacial score (nSPS) is 20.3. The molecule has 1 saturated carbocycles. The van der Waals surface area contributed by atoms with Crippen LogP contribution >= 0.6 is 23.2 Å². The van der Waals surface area contributed by atoms with E-state index >= 15 is 0 Å². The van der Waals surface area contributed by atoms with E-state index < -0.39 is 5.91 Å². The van der Waals surface area contributed by atoms with Crippen molar-refractivity contribution in [3.05, 3.63) is 46.5 Å². The molecule has 1 saturated heterocycles. The molecule has 0 bridgehead atoms. The smallest absolute Gasteiger partial charge is 0.294 e. The van der Waals surface area contributed by atoms with E-state index in [-0.39, 0.29) is 46.2 Å². The Labute approximate surface area is 211 Å². The first kappa shape index (κ1) is 23.6. The zero-order valence-corrected chi connectivity index (χ0v) is 20.2. The van der Waals surface area contributed by atoms with Crippen LogP contribution in [0.5, 0.6) is 0 Å². The number of hydrogen-bond acceptors (Lipinski definition) is 6. The van der Waals surface area contributed by atoms with Crippen molar-refractivity contribution >= 4 is 63.4 Å². The Hall–Kier alpha value is -3.17. The molecule has 0 spiro atoms. The van der Waals surface area contributed by atoms with Gasteiger partial charge in [-0.3, -0.25) is 14.4 Å². The Balaban J connectivity index is 1.35. The molecule has 3 amide bonds.